The number of amides is 2. The van der Waals surface area contributed by atoms with Gasteiger partial charge in [0.1, 0.15) is 0 Å². The molecule has 0 bridgehead atoms. The Bertz CT molecular complexity index is 544. The van der Waals surface area contributed by atoms with Crippen molar-refractivity contribution in [3.8, 4) is 0 Å². The minimum absolute atomic E-state index is 0.186. The summed E-state index contributed by atoms with van der Waals surface area (Å²) in [7, 11) is 1.46. The van der Waals surface area contributed by atoms with Crippen LogP contribution < -0.4 is 0 Å². The molecule has 25 heavy (non-hydrogen) atoms. The van der Waals surface area contributed by atoms with Gasteiger partial charge in [-0.3, -0.25) is 9.69 Å². The molecule has 140 valence electrons. The molecule has 0 aromatic heterocycles. The first-order valence-corrected chi connectivity index (χ1v) is 9.87. The summed E-state index contributed by atoms with van der Waals surface area (Å²) in [6.45, 7) is 9.72. The summed E-state index contributed by atoms with van der Waals surface area (Å²) in [5, 5.41) is 0. The van der Waals surface area contributed by atoms with E-state index in [1.54, 1.807) is 0 Å². The van der Waals surface area contributed by atoms with Crippen LogP contribution in [0.2, 0.25) is 0 Å². The Balaban J connectivity index is 1.26. The van der Waals surface area contributed by atoms with Crippen LogP contribution in [-0.2, 0) is 9.53 Å². The van der Waals surface area contributed by atoms with Crippen LogP contribution in [0.15, 0.2) is 0 Å². The highest BCUT2D eigenvalue weighted by molar-refractivity contribution is 5.82. The standard InChI is InChI=1S/C19H31N3O3/c1-4-20(5-2)17(23)16-14-9-21(10-15(14)16)13-6-7-19(8-13)11-22(12-19)18(24)25-3/h13-16H,4-12H2,1-3H3. The fourth-order valence-corrected chi connectivity index (χ4v) is 5.77. The Hall–Kier alpha value is -1.30. The van der Waals surface area contributed by atoms with Crippen molar-refractivity contribution in [1.82, 2.24) is 14.7 Å². The van der Waals surface area contributed by atoms with Crippen LogP contribution >= 0.6 is 0 Å². The molecule has 0 radical (unpaired) electrons. The largest absolute Gasteiger partial charge is 0.453 e. The minimum atomic E-state index is -0.186. The van der Waals surface area contributed by atoms with E-state index in [4.69, 9.17) is 4.74 Å². The van der Waals surface area contributed by atoms with E-state index in [0.717, 1.165) is 39.3 Å². The van der Waals surface area contributed by atoms with Gasteiger partial charge >= 0.3 is 6.09 Å². The smallest absolute Gasteiger partial charge is 0.409 e. The molecule has 0 aromatic carbocycles. The molecule has 2 saturated carbocycles. The molecule has 3 unspecified atom stereocenters. The van der Waals surface area contributed by atoms with Gasteiger partial charge in [-0.05, 0) is 44.9 Å². The van der Waals surface area contributed by atoms with Crippen molar-refractivity contribution in [1.29, 1.82) is 0 Å². The molecule has 2 aliphatic heterocycles. The second-order valence-corrected chi connectivity index (χ2v) is 8.54. The molecule has 2 saturated heterocycles. The first kappa shape index (κ1) is 17.1. The van der Waals surface area contributed by atoms with Gasteiger partial charge < -0.3 is 14.5 Å². The number of rotatable bonds is 4. The fourth-order valence-electron chi connectivity index (χ4n) is 5.77. The van der Waals surface area contributed by atoms with Crippen LogP contribution in [0.5, 0.6) is 0 Å². The Morgan fingerprint density at radius 1 is 1.16 bits per heavy atom. The summed E-state index contributed by atoms with van der Waals surface area (Å²) in [4.78, 5) is 30.6. The van der Waals surface area contributed by atoms with Crippen LogP contribution in [0.25, 0.3) is 0 Å². The zero-order chi connectivity index (χ0) is 17.8. The lowest BCUT2D eigenvalue weighted by Gasteiger charge is -2.47. The maximum Gasteiger partial charge on any atom is 0.409 e. The third-order valence-electron chi connectivity index (χ3n) is 7.26. The predicted molar refractivity (Wildman–Crippen MR) is 94.0 cm³/mol. The first-order valence-electron chi connectivity index (χ1n) is 9.87. The zero-order valence-electron chi connectivity index (χ0n) is 15.7. The maximum atomic E-state index is 12.6. The molecule has 0 N–H and O–H groups in total. The van der Waals surface area contributed by atoms with Crippen LogP contribution in [0.1, 0.15) is 33.1 Å². The summed E-state index contributed by atoms with van der Waals surface area (Å²) in [5.41, 5.74) is 0.335. The molecule has 6 nitrogen and oxygen atoms in total. The quantitative estimate of drug-likeness (QED) is 0.774. The van der Waals surface area contributed by atoms with Crippen molar-refractivity contribution in [2.75, 3.05) is 46.4 Å². The Kier molecular flexibility index (Phi) is 4.21. The second kappa shape index (κ2) is 6.15. The Morgan fingerprint density at radius 2 is 1.80 bits per heavy atom. The van der Waals surface area contributed by atoms with Gasteiger partial charge in [-0.15, -0.1) is 0 Å². The summed E-state index contributed by atoms with van der Waals surface area (Å²) < 4.78 is 4.82. The van der Waals surface area contributed by atoms with Gasteiger partial charge in [0.05, 0.1) is 7.11 Å². The van der Waals surface area contributed by atoms with Gasteiger partial charge in [-0.25, -0.2) is 4.79 Å². The van der Waals surface area contributed by atoms with Crippen LogP contribution in [0, 0.1) is 23.2 Å². The number of carbonyl (C=O) groups excluding carboxylic acids is 2. The van der Waals surface area contributed by atoms with Crippen molar-refractivity contribution in [3.63, 3.8) is 0 Å². The second-order valence-electron chi connectivity index (χ2n) is 8.54. The number of hydrogen-bond donors (Lipinski definition) is 0. The molecule has 2 heterocycles. The number of nitrogens with zero attached hydrogens (tertiary/aromatic N) is 3. The van der Waals surface area contributed by atoms with E-state index in [1.165, 1.54) is 26.4 Å². The lowest BCUT2D eigenvalue weighted by atomic mass is 9.78. The predicted octanol–water partition coefficient (Wildman–Crippen LogP) is 1.65. The lowest BCUT2D eigenvalue weighted by molar-refractivity contribution is -0.133. The summed E-state index contributed by atoms with van der Waals surface area (Å²) in [6, 6.07) is 0.650. The van der Waals surface area contributed by atoms with Gasteiger partial charge in [-0.2, -0.15) is 0 Å². The summed E-state index contributed by atoms with van der Waals surface area (Å²) in [6.07, 6.45) is 3.48. The molecule has 4 aliphatic rings. The van der Waals surface area contributed by atoms with Crippen molar-refractivity contribution in [3.05, 3.63) is 0 Å². The summed E-state index contributed by atoms with van der Waals surface area (Å²) >= 11 is 0. The third-order valence-corrected chi connectivity index (χ3v) is 7.26. The molecule has 2 aliphatic carbocycles. The van der Waals surface area contributed by atoms with E-state index in [2.05, 4.69) is 18.7 Å². The number of likely N-dealkylation sites (tertiary alicyclic amines) is 2. The fraction of sp³-hybridized carbons (Fsp3) is 0.895. The maximum absolute atomic E-state index is 12.6. The van der Waals surface area contributed by atoms with E-state index < -0.39 is 0 Å². The Morgan fingerprint density at radius 3 is 2.36 bits per heavy atom. The normalized spacial score (nSPS) is 35.4. The molecule has 3 atom stereocenters. The first-order chi connectivity index (χ1) is 12.0. The zero-order valence-corrected chi connectivity index (χ0v) is 15.7. The molecule has 0 aromatic rings. The molecule has 2 amide bonds. The van der Waals surface area contributed by atoms with E-state index in [9.17, 15) is 9.59 Å². The third kappa shape index (κ3) is 2.73. The van der Waals surface area contributed by atoms with Crippen LogP contribution in [-0.4, -0.2) is 79.1 Å². The van der Waals surface area contributed by atoms with Crippen molar-refractivity contribution in [2.45, 2.75) is 39.2 Å². The number of hydrogen-bond acceptors (Lipinski definition) is 4. The molecule has 4 fully saturated rings. The minimum Gasteiger partial charge on any atom is -0.453 e. The molecule has 1 spiro atoms. The highest BCUT2D eigenvalue weighted by Crippen LogP contribution is 2.55. The topological polar surface area (TPSA) is 53.1 Å². The molecular formula is C19H31N3O3. The Labute approximate surface area is 150 Å². The summed E-state index contributed by atoms with van der Waals surface area (Å²) in [5.74, 6) is 1.87. The van der Waals surface area contributed by atoms with Crippen molar-refractivity contribution >= 4 is 12.0 Å². The van der Waals surface area contributed by atoms with Gasteiger partial charge in [-0.1, -0.05) is 0 Å². The number of methoxy groups -OCH3 is 1. The van der Waals surface area contributed by atoms with Crippen LogP contribution in [0.3, 0.4) is 0 Å². The van der Waals surface area contributed by atoms with E-state index in [1.807, 2.05) is 9.80 Å². The van der Waals surface area contributed by atoms with E-state index in [0.29, 0.717) is 35.1 Å². The van der Waals surface area contributed by atoms with Crippen LogP contribution in [0.4, 0.5) is 4.79 Å². The lowest BCUT2D eigenvalue weighted by Crippen LogP contribution is -2.57. The average molecular weight is 349 g/mol. The number of carbonyl (C=O) groups is 2. The molecular weight excluding hydrogens is 318 g/mol. The van der Waals surface area contributed by atoms with Gasteiger partial charge in [0.2, 0.25) is 5.91 Å². The SMILES string of the molecule is CCN(CC)C(=O)C1C2CN(C3CCC4(C3)CN(C(=O)OC)C4)CC21. The van der Waals surface area contributed by atoms with Gasteiger partial charge in [0.15, 0.2) is 0 Å². The number of fused-ring (bicyclic) bond motifs is 1. The number of piperidine rings is 1. The molecule has 6 heteroatoms. The monoisotopic (exact) mass is 349 g/mol. The van der Waals surface area contributed by atoms with E-state index >= 15 is 0 Å². The van der Waals surface area contributed by atoms with Gasteiger partial charge in [0.25, 0.3) is 0 Å². The highest BCUT2D eigenvalue weighted by atomic mass is 16.5. The number of ether oxygens (including phenoxy) is 1. The highest BCUT2D eigenvalue weighted by Gasteiger charge is 2.62. The van der Waals surface area contributed by atoms with Gasteiger partial charge in [0, 0.05) is 56.6 Å². The van der Waals surface area contributed by atoms with E-state index in [-0.39, 0.29) is 6.09 Å². The molecule has 4 rings (SSSR count). The van der Waals surface area contributed by atoms with Crippen molar-refractivity contribution in [2.24, 2.45) is 23.2 Å². The average Bonchev–Trinajstić information content (AvgIpc) is 2.94. The van der Waals surface area contributed by atoms with Crippen molar-refractivity contribution < 1.29 is 14.3 Å².